The van der Waals surface area contributed by atoms with E-state index in [1.54, 1.807) is 12.3 Å². The Kier molecular flexibility index (Phi) is 6.46. The summed E-state index contributed by atoms with van der Waals surface area (Å²) in [6.45, 7) is 2.45. The fourth-order valence-corrected chi connectivity index (χ4v) is 8.24. The number of piperazine rings is 1. The average Bonchev–Trinajstić information content (AvgIpc) is 3.68. The summed E-state index contributed by atoms with van der Waals surface area (Å²) in [5.74, 6) is 0.127. The summed E-state index contributed by atoms with van der Waals surface area (Å²) in [4.78, 5) is 18.7. The number of hydrogen-bond acceptors (Lipinski definition) is 7. The molecule has 0 aliphatic carbocycles. The Morgan fingerprint density at radius 3 is 2.67 bits per heavy atom. The van der Waals surface area contributed by atoms with E-state index in [-0.39, 0.29) is 35.5 Å². The first kappa shape index (κ1) is 26.5. The van der Waals surface area contributed by atoms with Crippen molar-refractivity contribution in [1.82, 2.24) is 25.2 Å². The maximum Gasteiger partial charge on any atom is 0.319 e. The molecule has 42 heavy (non-hydrogen) atoms. The van der Waals surface area contributed by atoms with Gasteiger partial charge in [-0.3, -0.25) is 9.88 Å². The zero-order chi connectivity index (χ0) is 28.4. The predicted octanol–water partition coefficient (Wildman–Crippen LogP) is 5.92. The van der Waals surface area contributed by atoms with Crippen molar-refractivity contribution < 1.29 is 13.5 Å². The van der Waals surface area contributed by atoms with Crippen LogP contribution in [0.1, 0.15) is 38.5 Å². The number of nitrogens with one attached hydrogen (secondary N) is 1. The summed E-state index contributed by atoms with van der Waals surface area (Å²) in [6, 6.07) is 12.2. The fraction of sp³-hybridized carbons (Fsp3) is 0.469. The standard InChI is InChI=1S/C32H33ClF2N6O/c33-25-7-2-5-19-4-1-6-23(26(19)25)28-27(35)29-24(15-36-28)30(40-16-20-8-9-21(17-40)37-20)39-31(38-29)42-18-32-11-3-13-41(32)22(14-34)10-12-32/h1-2,4-7,15,20-22,37H,3,8-14,16-18H2. The lowest BCUT2D eigenvalue weighted by molar-refractivity contribution is 0.0772. The van der Waals surface area contributed by atoms with Crippen molar-refractivity contribution in [3.05, 3.63) is 53.4 Å². The summed E-state index contributed by atoms with van der Waals surface area (Å²) in [7, 11) is 0. The molecule has 0 saturated carbocycles. The van der Waals surface area contributed by atoms with Crippen LogP contribution in [0.2, 0.25) is 5.02 Å². The van der Waals surface area contributed by atoms with E-state index in [2.05, 4.69) is 25.1 Å². The summed E-state index contributed by atoms with van der Waals surface area (Å²) in [6.07, 6.45) is 7.59. The van der Waals surface area contributed by atoms with Gasteiger partial charge in [-0.25, -0.2) is 8.78 Å². The number of fused-ring (bicyclic) bond motifs is 5. The first-order chi connectivity index (χ1) is 20.5. The molecular weight excluding hydrogens is 558 g/mol. The predicted molar refractivity (Wildman–Crippen MR) is 161 cm³/mol. The van der Waals surface area contributed by atoms with Crippen molar-refractivity contribution in [3.63, 3.8) is 0 Å². The zero-order valence-electron chi connectivity index (χ0n) is 23.3. The van der Waals surface area contributed by atoms with Gasteiger partial charge in [-0.2, -0.15) is 9.97 Å². The maximum atomic E-state index is 16.6. The highest BCUT2D eigenvalue weighted by molar-refractivity contribution is 6.36. The second-order valence-corrected chi connectivity index (χ2v) is 12.8. The van der Waals surface area contributed by atoms with Crippen LogP contribution in [0.15, 0.2) is 42.6 Å². The van der Waals surface area contributed by atoms with E-state index >= 15 is 4.39 Å². The summed E-state index contributed by atoms with van der Waals surface area (Å²) >= 11 is 6.60. The third kappa shape index (κ3) is 4.23. The molecule has 4 aliphatic heterocycles. The molecular formula is C32H33ClF2N6O. The normalized spacial score (nSPS) is 27.3. The highest BCUT2D eigenvalue weighted by atomic mass is 35.5. The van der Waals surface area contributed by atoms with Crippen molar-refractivity contribution in [2.75, 3.05) is 37.8 Å². The van der Waals surface area contributed by atoms with Crippen molar-refractivity contribution in [1.29, 1.82) is 0 Å². The van der Waals surface area contributed by atoms with Crippen molar-refractivity contribution in [2.24, 2.45) is 0 Å². The fourth-order valence-electron chi connectivity index (χ4n) is 7.95. The molecule has 2 aromatic heterocycles. The molecule has 6 heterocycles. The molecule has 10 heteroatoms. The number of ether oxygens (including phenoxy) is 1. The topological polar surface area (TPSA) is 66.4 Å². The van der Waals surface area contributed by atoms with E-state index in [4.69, 9.17) is 21.3 Å². The first-order valence-corrected chi connectivity index (χ1v) is 15.4. The van der Waals surface area contributed by atoms with Gasteiger partial charge < -0.3 is 15.0 Å². The van der Waals surface area contributed by atoms with E-state index < -0.39 is 5.82 Å². The van der Waals surface area contributed by atoms with Gasteiger partial charge in [0, 0.05) is 53.4 Å². The van der Waals surface area contributed by atoms with Gasteiger partial charge in [0.2, 0.25) is 0 Å². The quantitative estimate of drug-likeness (QED) is 0.299. The van der Waals surface area contributed by atoms with Crippen LogP contribution < -0.4 is 15.0 Å². The minimum Gasteiger partial charge on any atom is -0.461 e. The van der Waals surface area contributed by atoms with E-state index in [0.29, 0.717) is 40.5 Å². The molecule has 0 spiro atoms. The molecule has 0 radical (unpaired) electrons. The lowest BCUT2D eigenvalue weighted by Gasteiger charge is -2.35. The number of alkyl halides is 1. The van der Waals surface area contributed by atoms with Crippen LogP contribution >= 0.6 is 11.6 Å². The Labute approximate surface area is 248 Å². The second-order valence-electron chi connectivity index (χ2n) is 12.4. The van der Waals surface area contributed by atoms with Crippen molar-refractivity contribution in [3.8, 4) is 17.3 Å². The smallest absolute Gasteiger partial charge is 0.319 e. The van der Waals surface area contributed by atoms with E-state index in [1.807, 2.05) is 30.3 Å². The Morgan fingerprint density at radius 2 is 1.86 bits per heavy atom. The van der Waals surface area contributed by atoms with Crippen LogP contribution in [-0.2, 0) is 0 Å². The number of benzene rings is 2. The second kappa shape index (κ2) is 10.2. The summed E-state index contributed by atoms with van der Waals surface area (Å²) in [5.41, 5.74) is 0.776. The van der Waals surface area contributed by atoms with Crippen LogP contribution in [0.5, 0.6) is 6.01 Å². The number of pyridine rings is 1. The zero-order valence-corrected chi connectivity index (χ0v) is 24.1. The molecule has 1 N–H and O–H groups in total. The van der Waals surface area contributed by atoms with Gasteiger partial charge >= 0.3 is 6.01 Å². The molecule has 4 saturated heterocycles. The molecule has 4 atom stereocenters. The minimum absolute atomic E-state index is 0.0564. The molecule has 4 aromatic rings. The monoisotopic (exact) mass is 590 g/mol. The summed E-state index contributed by atoms with van der Waals surface area (Å²) in [5, 5.41) is 6.42. The molecule has 0 amide bonds. The first-order valence-electron chi connectivity index (χ1n) is 15.0. The lowest BCUT2D eigenvalue weighted by atomic mass is 9.95. The SMILES string of the molecule is FCC1CCC2(COc3nc(N4CC5CCC(C4)N5)c4cnc(-c5cccc6cccc(Cl)c56)c(F)c4n3)CCCN12. The maximum absolute atomic E-state index is 16.6. The van der Waals surface area contributed by atoms with E-state index in [1.165, 1.54) is 0 Å². The number of halogens is 3. The highest BCUT2D eigenvalue weighted by Crippen LogP contribution is 2.43. The number of aromatic nitrogens is 3. The van der Waals surface area contributed by atoms with Crippen LogP contribution in [-0.4, -0.2) is 76.4 Å². The van der Waals surface area contributed by atoms with Gasteiger partial charge in [0.15, 0.2) is 5.82 Å². The number of nitrogens with zero attached hydrogens (tertiary/aromatic N) is 5. The van der Waals surface area contributed by atoms with Gasteiger partial charge in [-0.05, 0) is 56.5 Å². The lowest BCUT2D eigenvalue weighted by Crippen LogP contribution is -2.51. The van der Waals surface area contributed by atoms with Gasteiger partial charge in [0.05, 0.1) is 10.9 Å². The molecule has 4 unspecified atom stereocenters. The van der Waals surface area contributed by atoms with Crippen molar-refractivity contribution in [2.45, 2.75) is 62.2 Å². The Bertz CT molecular complexity index is 1670. The van der Waals surface area contributed by atoms with E-state index in [0.717, 1.165) is 68.9 Å². The number of hydrogen-bond donors (Lipinski definition) is 1. The molecule has 4 fully saturated rings. The molecule has 2 bridgehead atoms. The third-order valence-electron chi connectivity index (χ3n) is 9.95. The minimum atomic E-state index is -0.523. The number of rotatable bonds is 6. The van der Waals surface area contributed by atoms with Crippen LogP contribution in [0, 0.1) is 5.82 Å². The number of anilines is 1. The van der Waals surface area contributed by atoms with Gasteiger partial charge in [-0.1, -0.05) is 41.9 Å². The van der Waals surface area contributed by atoms with Gasteiger partial charge in [0.25, 0.3) is 0 Å². The average molecular weight is 591 g/mol. The van der Waals surface area contributed by atoms with Crippen molar-refractivity contribution >= 4 is 39.1 Å². The van der Waals surface area contributed by atoms with Gasteiger partial charge in [0.1, 0.15) is 30.3 Å². The summed E-state index contributed by atoms with van der Waals surface area (Å²) < 4.78 is 36.7. The largest absolute Gasteiger partial charge is 0.461 e. The molecule has 2 aromatic carbocycles. The van der Waals surface area contributed by atoms with Crippen LogP contribution in [0.4, 0.5) is 14.6 Å². The Balaban J connectivity index is 1.23. The van der Waals surface area contributed by atoms with Crippen LogP contribution in [0.25, 0.3) is 32.9 Å². The van der Waals surface area contributed by atoms with Gasteiger partial charge in [-0.15, -0.1) is 0 Å². The Hall–Kier alpha value is -3.14. The molecule has 218 valence electrons. The molecule has 8 rings (SSSR count). The third-order valence-corrected chi connectivity index (χ3v) is 10.3. The highest BCUT2D eigenvalue weighted by Gasteiger charge is 2.50. The Morgan fingerprint density at radius 1 is 1.05 bits per heavy atom. The molecule has 4 aliphatic rings. The van der Waals surface area contributed by atoms with Crippen LogP contribution in [0.3, 0.4) is 0 Å². The molecule has 7 nitrogen and oxygen atoms in total. The van der Waals surface area contributed by atoms with E-state index in [9.17, 15) is 4.39 Å².